The maximum atomic E-state index is 9.10. The summed E-state index contributed by atoms with van der Waals surface area (Å²) in [4.78, 5) is 4.38. The molecule has 0 amide bonds. The van der Waals surface area contributed by atoms with Gasteiger partial charge in [-0.2, -0.15) is 0 Å². The van der Waals surface area contributed by atoms with E-state index < -0.39 is 0 Å². The smallest absolute Gasteiger partial charge is 0.193 e. The number of benzene rings is 1. The molecule has 0 saturated heterocycles. The number of ether oxygens (including phenoxy) is 1. The summed E-state index contributed by atoms with van der Waals surface area (Å²) in [5.41, 5.74) is 6.75. The van der Waals surface area contributed by atoms with Gasteiger partial charge in [0.25, 0.3) is 0 Å². The number of guanidine groups is 1. The van der Waals surface area contributed by atoms with Crippen molar-refractivity contribution in [1.82, 2.24) is 0 Å². The molecule has 0 saturated carbocycles. The first-order chi connectivity index (χ1) is 10.0. The lowest BCUT2D eigenvalue weighted by molar-refractivity contribution is 0.246. The third kappa shape index (κ3) is 6.99. The molecular formula is C16H27N3O2. The minimum atomic E-state index is 0.191. The first-order valence-corrected chi connectivity index (χ1v) is 7.37. The average molecular weight is 293 g/mol. The lowest BCUT2D eigenvalue weighted by atomic mass is 9.94. The van der Waals surface area contributed by atoms with Crippen molar-refractivity contribution >= 4 is 11.6 Å². The van der Waals surface area contributed by atoms with E-state index in [0.29, 0.717) is 24.3 Å². The molecule has 21 heavy (non-hydrogen) atoms. The number of hydrogen-bond acceptors (Lipinski definition) is 3. The Morgan fingerprint density at radius 2 is 2.19 bits per heavy atom. The molecule has 0 fully saturated rings. The van der Waals surface area contributed by atoms with Crippen molar-refractivity contribution < 1.29 is 9.84 Å². The number of anilines is 1. The van der Waals surface area contributed by atoms with E-state index in [9.17, 15) is 0 Å². The van der Waals surface area contributed by atoms with Crippen LogP contribution in [0.5, 0.6) is 5.75 Å². The van der Waals surface area contributed by atoms with Crippen molar-refractivity contribution in [1.29, 1.82) is 0 Å². The SMILES string of the molecule is COc1cccc(NC(N)=NCC(CCO)CC(C)C)c1. The topological polar surface area (TPSA) is 79.9 Å². The first-order valence-electron chi connectivity index (χ1n) is 7.37. The van der Waals surface area contributed by atoms with Crippen molar-refractivity contribution in [3.05, 3.63) is 24.3 Å². The number of rotatable bonds is 8. The maximum absolute atomic E-state index is 9.10. The van der Waals surface area contributed by atoms with Gasteiger partial charge in [0.05, 0.1) is 7.11 Å². The number of methoxy groups -OCH3 is 1. The minimum Gasteiger partial charge on any atom is -0.497 e. The van der Waals surface area contributed by atoms with Crippen LogP contribution in [0.15, 0.2) is 29.3 Å². The quantitative estimate of drug-likeness (QED) is 0.508. The van der Waals surface area contributed by atoms with Gasteiger partial charge in [-0.15, -0.1) is 0 Å². The molecule has 0 aliphatic carbocycles. The first kappa shape index (κ1) is 17.3. The molecule has 0 bridgehead atoms. The number of aliphatic imine (C=N–C) groups is 1. The lowest BCUT2D eigenvalue weighted by Gasteiger charge is -2.16. The summed E-state index contributed by atoms with van der Waals surface area (Å²) in [6.45, 7) is 5.16. The van der Waals surface area contributed by atoms with Crippen molar-refractivity contribution in [3.63, 3.8) is 0 Å². The van der Waals surface area contributed by atoms with E-state index in [-0.39, 0.29) is 6.61 Å². The Labute approximate surface area is 127 Å². The molecule has 5 heteroatoms. The number of nitrogens with zero attached hydrogens (tertiary/aromatic N) is 1. The molecule has 0 aliphatic heterocycles. The highest BCUT2D eigenvalue weighted by molar-refractivity contribution is 5.92. The van der Waals surface area contributed by atoms with Crippen molar-refractivity contribution in [2.75, 3.05) is 25.6 Å². The second-order valence-electron chi connectivity index (χ2n) is 5.59. The van der Waals surface area contributed by atoms with Crippen LogP contribution in [0, 0.1) is 11.8 Å². The maximum Gasteiger partial charge on any atom is 0.193 e. The number of hydrogen-bond donors (Lipinski definition) is 3. The summed E-state index contributed by atoms with van der Waals surface area (Å²) in [6, 6.07) is 7.53. The molecule has 0 heterocycles. The van der Waals surface area contributed by atoms with Gasteiger partial charge in [-0.05, 0) is 36.8 Å². The lowest BCUT2D eigenvalue weighted by Crippen LogP contribution is -2.24. The third-order valence-electron chi connectivity index (χ3n) is 3.20. The van der Waals surface area contributed by atoms with Crippen molar-refractivity contribution in [2.24, 2.45) is 22.6 Å². The monoisotopic (exact) mass is 293 g/mol. The Balaban J connectivity index is 2.57. The van der Waals surface area contributed by atoms with E-state index in [1.807, 2.05) is 24.3 Å². The predicted molar refractivity (Wildman–Crippen MR) is 87.8 cm³/mol. The zero-order valence-electron chi connectivity index (χ0n) is 13.2. The van der Waals surface area contributed by atoms with Crippen LogP contribution >= 0.6 is 0 Å². The molecule has 0 aromatic heterocycles. The van der Waals surface area contributed by atoms with E-state index in [4.69, 9.17) is 15.6 Å². The molecule has 1 aromatic carbocycles. The van der Waals surface area contributed by atoms with Gasteiger partial charge in [-0.1, -0.05) is 19.9 Å². The van der Waals surface area contributed by atoms with Gasteiger partial charge in [0.15, 0.2) is 5.96 Å². The van der Waals surface area contributed by atoms with Crippen molar-refractivity contribution in [2.45, 2.75) is 26.7 Å². The summed E-state index contributed by atoms with van der Waals surface area (Å²) >= 11 is 0. The number of nitrogens with one attached hydrogen (secondary N) is 1. The van der Waals surface area contributed by atoms with E-state index in [1.54, 1.807) is 7.11 Å². The minimum absolute atomic E-state index is 0.191. The predicted octanol–water partition coefficient (Wildman–Crippen LogP) is 2.47. The summed E-state index contributed by atoms with van der Waals surface area (Å²) < 4.78 is 5.16. The molecule has 5 nitrogen and oxygen atoms in total. The largest absolute Gasteiger partial charge is 0.497 e. The molecule has 1 rings (SSSR count). The van der Waals surface area contributed by atoms with Crippen LogP contribution in [0.3, 0.4) is 0 Å². The second-order valence-corrected chi connectivity index (χ2v) is 5.59. The molecule has 1 atom stereocenters. The van der Waals surface area contributed by atoms with E-state index in [1.165, 1.54) is 0 Å². The Kier molecular flexibility index (Phi) is 7.61. The van der Waals surface area contributed by atoms with Gasteiger partial charge in [-0.3, -0.25) is 4.99 Å². The van der Waals surface area contributed by atoms with E-state index in [2.05, 4.69) is 24.2 Å². The molecule has 1 aromatic rings. The van der Waals surface area contributed by atoms with Crippen LogP contribution in [0.4, 0.5) is 5.69 Å². The summed E-state index contributed by atoms with van der Waals surface area (Å²) in [5, 5.41) is 12.2. The van der Waals surface area contributed by atoms with Crippen LogP contribution in [0.2, 0.25) is 0 Å². The highest BCUT2D eigenvalue weighted by Crippen LogP contribution is 2.17. The normalized spacial score (nSPS) is 13.3. The third-order valence-corrected chi connectivity index (χ3v) is 3.20. The van der Waals surface area contributed by atoms with Crippen LogP contribution in [0.1, 0.15) is 26.7 Å². The van der Waals surface area contributed by atoms with Crippen LogP contribution < -0.4 is 15.8 Å². The molecule has 4 N–H and O–H groups in total. The zero-order chi connectivity index (χ0) is 15.7. The molecule has 118 valence electrons. The fourth-order valence-electron chi connectivity index (χ4n) is 2.25. The Morgan fingerprint density at radius 3 is 2.81 bits per heavy atom. The highest BCUT2D eigenvalue weighted by atomic mass is 16.5. The van der Waals surface area contributed by atoms with Crippen LogP contribution in [-0.4, -0.2) is 31.3 Å². The second kappa shape index (κ2) is 9.23. The molecule has 0 aliphatic rings. The number of aliphatic hydroxyl groups is 1. The Morgan fingerprint density at radius 1 is 1.43 bits per heavy atom. The Hall–Kier alpha value is -1.75. The molecule has 1 unspecified atom stereocenters. The average Bonchev–Trinajstić information content (AvgIpc) is 2.44. The standard InChI is InChI=1S/C16H27N3O2/c1-12(2)9-13(7-8-20)11-18-16(17)19-14-5-4-6-15(10-14)21-3/h4-6,10,12-13,20H,7-9,11H2,1-3H3,(H3,17,18,19). The Bertz CT molecular complexity index is 447. The molecule has 0 radical (unpaired) electrons. The number of nitrogens with two attached hydrogens (primary N) is 1. The van der Waals surface area contributed by atoms with Gasteiger partial charge >= 0.3 is 0 Å². The number of aliphatic hydroxyl groups excluding tert-OH is 1. The van der Waals surface area contributed by atoms with Gasteiger partial charge < -0.3 is 20.9 Å². The van der Waals surface area contributed by atoms with E-state index >= 15 is 0 Å². The molecular weight excluding hydrogens is 266 g/mol. The fourth-order valence-corrected chi connectivity index (χ4v) is 2.25. The van der Waals surface area contributed by atoms with Crippen molar-refractivity contribution in [3.8, 4) is 5.75 Å². The van der Waals surface area contributed by atoms with Crippen LogP contribution in [-0.2, 0) is 0 Å². The van der Waals surface area contributed by atoms with Crippen LogP contribution in [0.25, 0.3) is 0 Å². The summed E-state index contributed by atoms with van der Waals surface area (Å²) in [6.07, 6.45) is 1.80. The zero-order valence-corrected chi connectivity index (χ0v) is 13.2. The summed E-state index contributed by atoms with van der Waals surface area (Å²) in [5.74, 6) is 2.10. The molecule has 0 spiro atoms. The van der Waals surface area contributed by atoms with Gasteiger partial charge in [0, 0.05) is 24.9 Å². The fraction of sp³-hybridized carbons (Fsp3) is 0.562. The van der Waals surface area contributed by atoms with Gasteiger partial charge in [-0.25, -0.2) is 0 Å². The van der Waals surface area contributed by atoms with Gasteiger partial charge in [0.2, 0.25) is 0 Å². The summed E-state index contributed by atoms with van der Waals surface area (Å²) in [7, 11) is 1.63. The van der Waals surface area contributed by atoms with Gasteiger partial charge in [0.1, 0.15) is 5.75 Å². The highest BCUT2D eigenvalue weighted by Gasteiger charge is 2.10. The van der Waals surface area contributed by atoms with E-state index in [0.717, 1.165) is 24.3 Å².